The van der Waals surface area contributed by atoms with Crippen LogP contribution in [0.4, 0.5) is 5.69 Å². The molecule has 1 aliphatic rings. The number of rotatable bonds is 4. The van der Waals surface area contributed by atoms with Gasteiger partial charge in [-0.2, -0.15) is 0 Å². The summed E-state index contributed by atoms with van der Waals surface area (Å²) in [6, 6.07) is 21.4. The summed E-state index contributed by atoms with van der Waals surface area (Å²) in [7, 11) is 0. The molecule has 2 nitrogen and oxygen atoms in total. The highest BCUT2D eigenvalue weighted by Crippen LogP contribution is 2.43. The van der Waals surface area contributed by atoms with Crippen molar-refractivity contribution in [2.45, 2.75) is 25.7 Å². The largest absolute Gasteiger partial charge is 0.308 e. The average Bonchev–Trinajstić information content (AvgIpc) is 2.69. The second kappa shape index (κ2) is 6.80. The molecule has 0 bridgehead atoms. The van der Waals surface area contributed by atoms with E-state index in [4.69, 9.17) is 0 Å². The van der Waals surface area contributed by atoms with Gasteiger partial charge in [-0.15, -0.1) is 6.58 Å². The molecule has 1 heterocycles. The third-order valence-electron chi connectivity index (χ3n) is 5.37. The van der Waals surface area contributed by atoms with Gasteiger partial charge < -0.3 is 4.90 Å². The predicted molar refractivity (Wildman–Crippen MR) is 109 cm³/mol. The predicted octanol–water partition coefficient (Wildman–Crippen LogP) is 5.46. The van der Waals surface area contributed by atoms with E-state index in [0.29, 0.717) is 13.0 Å². The highest BCUT2D eigenvalue weighted by atomic mass is 16.2. The lowest BCUT2D eigenvalue weighted by Crippen LogP contribution is -2.37. The smallest absolute Gasteiger partial charge is 0.228 e. The summed E-state index contributed by atoms with van der Waals surface area (Å²) in [5.74, 6) is 0.257. The molecule has 1 atom stereocenters. The Morgan fingerprint density at radius 2 is 1.85 bits per heavy atom. The van der Waals surface area contributed by atoms with Gasteiger partial charge in [-0.1, -0.05) is 67.6 Å². The average molecular weight is 341 g/mol. The van der Waals surface area contributed by atoms with E-state index in [1.165, 1.54) is 27.5 Å². The van der Waals surface area contributed by atoms with E-state index < -0.39 is 0 Å². The summed E-state index contributed by atoms with van der Waals surface area (Å²) < 4.78 is 0. The molecular formula is C24H23NO. The molecule has 0 spiro atoms. The number of aryl methyl sites for hydroxylation is 1. The summed E-state index contributed by atoms with van der Waals surface area (Å²) in [6.07, 6.45) is 3.32. The first-order chi connectivity index (χ1) is 12.7. The number of hydrogen-bond acceptors (Lipinski definition) is 1. The van der Waals surface area contributed by atoms with Gasteiger partial charge in [0.1, 0.15) is 0 Å². The molecule has 26 heavy (non-hydrogen) atoms. The van der Waals surface area contributed by atoms with Crippen LogP contribution in [-0.4, -0.2) is 12.5 Å². The van der Waals surface area contributed by atoms with Crippen molar-refractivity contribution in [3.05, 3.63) is 90.0 Å². The van der Waals surface area contributed by atoms with Crippen LogP contribution >= 0.6 is 0 Å². The summed E-state index contributed by atoms with van der Waals surface area (Å²) in [5.41, 5.74) is 4.81. The second-order valence-corrected chi connectivity index (χ2v) is 6.86. The van der Waals surface area contributed by atoms with Crippen LogP contribution in [0.2, 0.25) is 0 Å². The zero-order valence-corrected chi connectivity index (χ0v) is 15.1. The monoisotopic (exact) mass is 341 g/mol. The number of nitrogens with zero attached hydrogens (tertiary/aromatic N) is 1. The van der Waals surface area contributed by atoms with E-state index in [9.17, 15) is 4.79 Å². The van der Waals surface area contributed by atoms with Crippen LogP contribution in [0.1, 0.15) is 36.0 Å². The molecule has 0 aliphatic carbocycles. The highest BCUT2D eigenvalue weighted by Gasteiger charge is 2.32. The maximum absolute atomic E-state index is 12.9. The van der Waals surface area contributed by atoms with Gasteiger partial charge in [0.05, 0.1) is 0 Å². The molecule has 0 aromatic heterocycles. The lowest BCUT2D eigenvalue weighted by molar-refractivity contribution is -0.119. The normalized spacial score (nSPS) is 16.6. The number of fused-ring (bicyclic) bond motifs is 3. The minimum Gasteiger partial charge on any atom is -0.308 e. The number of anilines is 1. The first kappa shape index (κ1) is 16.6. The summed E-state index contributed by atoms with van der Waals surface area (Å²) in [5, 5.41) is 2.45. The topological polar surface area (TPSA) is 20.3 Å². The van der Waals surface area contributed by atoms with Gasteiger partial charge in [0, 0.05) is 24.6 Å². The number of hydrogen-bond donors (Lipinski definition) is 0. The van der Waals surface area contributed by atoms with E-state index in [-0.39, 0.29) is 11.8 Å². The molecule has 0 saturated carbocycles. The molecule has 2 heteroatoms. The summed E-state index contributed by atoms with van der Waals surface area (Å²) in [6.45, 7) is 6.54. The van der Waals surface area contributed by atoms with Crippen LogP contribution in [0.25, 0.3) is 10.8 Å². The van der Waals surface area contributed by atoms with Crippen molar-refractivity contribution in [2.24, 2.45) is 0 Å². The maximum atomic E-state index is 12.9. The Labute approximate surface area is 154 Å². The fourth-order valence-corrected chi connectivity index (χ4v) is 4.01. The third-order valence-corrected chi connectivity index (χ3v) is 5.37. The third kappa shape index (κ3) is 2.72. The molecule has 1 unspecified atom stereocenters. The number of amides is 1. The molecule has 130 valence electrons. The fourth-order valence-electron chi connectivity index (χ4n) is 4.01. The van der Waals surface area contributed by atoms with Crippen molar-refractivity contribution in [1.82, 2.24) is 0 Å². The minimum atomic E-state index is 0.0931. The Kier molecular flexibility index (Phi) is 4.34. The van der Waals surface area contributed by atoms with Crippen LogP contribution in [0.5, 0.6) is 0 Å². The summed E-state index contributed by atoms with van der Waals surface area (Å²) >= 11 is 0. The van der Waals surface area contributed by atoms with E-state index in [1.807, 2.05) is 4.90 Å². The Hall–Kier alpha value is -2.87. The minimum absolute atomic E-state index is 0.0931. The van der Waals surface area contributed by atoms with E-state index in [2.05, 4.69) is 74.2 Å². The van der Waals surface area contributed by atoms with Crippen molar-refractivity contribution in [3.63, 3.8) is 0 Å². The van der Waals surface area contributed by atoms with Gasteiger partial charge in [-0.05, 0) is 39.9 Å². The SMILES string of the molecule is C=CCN1C(=O)CC(c2ccc(CC)cc2)c2c1ccc1ccccc21. The standard InChI is InChI=1S/C24H23NO/c1-3-15-25-22-14-13-18-7-5-6-8-20(18)24(22)21(16-23(25)26)19-11-9-17(4-2)10-12-19/h3,5-14,21H,1,4,15-16H2,2H3. The van der Waals surface area contributed by atoms with Crippen LogP contribution in [0, 0.1) is 0 Å². The lowest BCUT2D eigenvalue weighted by Gasteiger charge is -2.35. The molecular weight excluding hydrogens is 318 g/mol. The molecule has 0 saturated heterocycles. The Balaban J connectivity index is 1.93. The van der Waals surface area contributed by atoms with Crippen LogP contribution in [-0.2, 0) is 11.2 Å². The molecule has 0 fully saturated rings. The molecule has 1 amide bonds. The fraction of sp³-hybridized carbons (Fsp3) is 0.208. The van der Waals surface area contributed by atoms with Crippen molar-refractivity contribution >= 4 is 22.4 Å². The van der Waals surface area contributed by atoms with Gasteiger partial charge in [0.15, 0.2) is 0 Å². The first-order valence-electron chi connectivity index (χ1n) is 9.24. The molecule has 3 aromatic carbocycles. The van der Waals surface area contributed by atoms with Crippen molar-refractivity contribution in [3.8, 4) is 0 Å². The van der Waals surface area contributed by atoms with Crippen molar-refractivity contribution in [1.29, 1.82) is 0 Å². The Morgan fingerprint density at radius 3 is 2.58 bits per heavy atom. The number of carbonyl (C=O) groups excluding carboxylic acids is 1. The van der Waals surface area contributed by atoms with Crippen LogP contribution in [0.3, 0.4) is 0 Å². The molecule has 4 rings (SSSR count). The van der Waals surface area contributed by atoms with Gasteiger partial charge in [0.25, 0.3) is 0 Å². The van der Waals surface area contributed by atoms with Crippen LogP contribution in [0.15, 0.2) is 73.3 Å². The molecule has 0 N–H and O–H groups in total. The second-order valence-electron chi connectivity index (χ2n) is 6.86. The molecule has 1 aliphatic heterocycles. The van der Waals surface area contributed by atoms with Crippen molar-refractivity contribution in [2.75, 3.05) is 11.4 Å². The van der Waals surface area contributed by atoms with E-state index in [0.717, 1.165) is 12.1 Å². The number of benzene rings is 3. The highest BCUT2D eigenvalue weighted by molar-refractivity contribution is 6.03. The van der Waals surface area contributed by atoms with Gasteiger partial charge in [0.2, 0.25) is 5.91 Å². The zero-order chi connectivity index (χ0) is 18.1. The molecule has 0 radical (unpaired) electrons. The van der Waals surface area contributed by atoms with Gasteiger partial charge >= 0.3 is 0 Å². The van der Waals surface area contributed by atoms with E-state index >= 15 is 0 Å². The Morgan fingerprint density at radius 1 is 1.08 bits per heavy atom. The zero-order valence-electron chi connectivity index (χ0n) is 15.1. The lowest BCUT2D eigenvalue weighted by atomic mass is 9.81. The first-order valence-corrected chi connectivity index (χ1v) is 9.24. The quantitative estimate of drug-likeness (QED) is 0.577. The summed E-state index contributed by atoms with van der Waals surface area (Å²) in [4.78, 5) is 14.7. The van der Waals surface area contributed by atoms with E-state index in [1.54, 1.807) is 6.08 Å². The van der Waals surface area contributed by atoms with Gasteiger partial charge in [-0.3, -0.25) is 4.79 Å². The van der Waals surface area contributed by atoms with Gasteiger partial charge in [-0.25, -0.2) is 0 Å². The molecule has 3 aromatic rings. The maximum Gasteiger partial charge on any atom is 0.228 e. The Bertz CT molecular complexity index is 971. The number of carbonyl (C=O) groups is 1. The van der Waals surface area contributed by atoms with Crippen LogP contribution < -0.4 is 4.90 Å². The van der Waals surface area contributed by atoms with Crippen molar-refractivity contribution < 1.29 is 4.79 Å².